The van der Waals surface area contributed by atoms with E-state index in [0.717, 1.165) is 24.0 Å². The first-order chi connectivity index (χ1) is 14.2. The first kappa shape index (κ1) is 20.9. The van der Waals surface area contributed by atoms with Crippen molar-refractivity contribution < 1.29 is 19.4 Å². The van der Waals surface area contributed by atoms with E-state index >= 15 is 0 Å². The van der Waals surface area contributed by atoms with E-state index in [1.807, 2.05) is 60.7 Å². The third-order valence-corrected chi connectivity index (χ3v) is 5.17. The van der Waals surface area contributed by atoms with E-state index in [4.69, 9.17) is 4.74 Å². The molecule has 0 aliphatic carbocycles. The van der Waals surface area contributed by atoms with Crippen molar-refractivity contribution in [2.24, 2.45) is 5.92 Å². The van der Waals surface area contributed by atoms with Gasteiger partial charge in [-0.05, 0) is 29.9 Å². The molecule has 2 amide bonds. The molecule has 0 bridgehead atoms. The largest absolute Gasteiger partial charge is 0.445 e. The fourth-order valence-corrected chi connectivity index (χ4v) is 3.59. The molecule has 1 saturated heterocycles. The van der Waals surface area contributed by atoms with Crippen LogP contribution in [0.5, 0.6) is 0 Å². The highest BCUT2D eigenvalue weighted by molar-refractivity contribution is 5.86. The van der Waals surface area contributed by atoms with Gasteiger partial charge in [0.25, 0.3) is 0 Å². The SMILES string of the molecule is O=C(N[C@@H](Cc1ccccc1)C(=O)N1CCC[C@H](CO)C1)OCc1ccccc1. The second-order valence-corrected chi connectivity index (χ2v) is 7.42. The number of benzene rings is 2. The van der Waals surface area contributed by atoms with Gasteiger partial charge in [0, 0.05) is 26.1 Å². The highest BCUT2D eigenvalue weighted by Crippen LogP contribution is 2.17. The van der Waals surface area contributed by atoms with Gasteiger partial charge in [0.05, 0.1) is 0 Å². The molecule has 2 N–H and O–H groups in total. The van der Waals surface area contributed by atoms with Crippen molar-refractivity contribution in [3.8, 4) is 0 Å². The molecule has 1 heterocycles. The van der Waals surface area contributed by atoms with Crippen LogP contribution < -0.4 is 5.32 Å². The van der Waals surface area contributed by atoms with Gasteiger partial charge in [-0.1, -0.05) is 60.7 Å². The molecular formula is C23H28N2O4. The van der Waals surface area contributed by atoms with Crippen LogP contribution in [0.4, 0.5) is 4.79 Å². The first-order valence-corrected chi connectivity index (χ1v) is 10.1. The number of amides is 2. The summed E-state index contributed by atoms with van der Waals surface area (Å²) in [6.07, 6.45) is 1.54. The molecule has 0 aromatic heterocycles. The van der Waals surface area contributed by atoms with Crippen molar-refractivity contribution in [1.82, 2.24) is 10.2 Å². The number of carbonyl (C=O) groups excluding carboxylic acids is 2. The van der Waals surface area contributed by atoms with Crippen molar-refractivity contribution in [2.45, 2.75) is 31.9 Å². The summed E-state index contributed by atoms with van der Waals surface area (Å²) in [5.74, 6) is -0.0428. The van der Waals surface area contributed by atoms with Crippen LogP contribution >= 0.6 is 0 Å². The summed E-state index contributed by atoms with van der Waals surface area (Å²) < 4.78 is 5.32. The standard InChI is InChI=1S/C23H28N2O4/c26-16-20-12-7-13-25(15-20)22(27)21(14-18-8-3-1-4-9-18)24-23(28)29-17-19-10-5-2-6-11-19/h1-6,8-11,20-21,26H,7,12-17H2,(H,24,28)/t20-,21-/m0/s1. The van der Waals surface area contributed by atoms with E-state index in [9.17, 15) is 14.7 Å². The molecule has 1 aliphatic rings. The molecule has 6 nitrogen and oxygen atoms in total. The summed E-state index contributed by atoms with van der Waals surface area (Å²) in [5, 5.41) is 12.2. The number of aliphatic hydroxyl groups is 1. The number of piperidine rings is 1. The third kappa shape index (κ3) is 6.32. The summed E-state index contributed by atoms with van der Waals surface area (Å²) in [6.45, 7) is 1.37. The van der Waals surface area contributed by atoms with Crippen LogP contribution in [0.2, 0.25) is 0 Å². The minimum Gasteiger partial charge on any atom is -0.445 e. The summed E-state index contributed by atoms with van der Waals surface area (Å²) in [5.41, 5.74) is 1.85. The number of hydrogen-bond donors (Lipinski definition) is 2. The van der Waals surface area contributed by atoms with Crippen LogP contribution in [-0.4, -0.2) is 47.7 Å². The van der Waals surface area contributed by atoms with E-state index in [-0.39, 0.29) is 25.0 Å². The fraction of sp³-hybridized carbons (Fsp3) is 0.391. The zero-order valence-electron chi connectivity index (χ0n) is 16.5. The number of likely N-dealkylation sites (tertiary alicyclic amines) is 1. The molecule has 0 unspecified atom stereocenters. The molecule has 1 fully saturated rings. The lowest BCUT2D eigenvalue weighted by molar-refractivity contribution is -0.135. The Morgan fingerprint density at radius 2 is 1.72 bits per heavy atom. The Morgan fingerprint density at radius 3 is 2.38 bits per heavy atom. The van der Waals surface area contributed by atoms with E-state index in [0.29, 0.717) is 19.5 Å². The van der Waals surface area contributed by atoms with E-state index < -0.39 is 12.1 Å². The molecular weight excluding hydrogens is 368 g/mol. The van der Waals surface area contributed by atoms with Gasteiger partial charge in [-0.25, -0.2) is 4.79 Å². The molecule has 0 spiro atoms. The van der Waals surface area contributed by atoms with Crippen LogP contribution in [-0.2, 0) is 22.6 Å². The Labute approximate surface area is 171 Å². The Morgan fingerprint density at radius 1 is 1.07 bits per heavy atom. The average molecular weight is 396 g/mol. The molecule has 1 aliphatic heterocycles. The average Bonchev–Trinajstić information content (AvgIpc) is 2.78. The van der Waals surface area contributed by atoms with Gasteiger partial charge in [0.1, 0.15) is 12.6 Å². The van der Waals surface area contributed by atoms with Crippen molar-refractivity contribution in [1.29, 1.82) is 0 Å². The van der Waals surface area contributed by atoms with E-state index in [2.05, 4.69) is 5.32 Å². The van der Waals surface area contributed by atoms with E-state index in [1.54, 1.807) is 4.90 Å². The van der Waals surface area contributed by atoms with Crippen molar-refractivity contribution in [3.05, 3.63) is 71.8 Å². The second-order valence-electron chi connectivity index (χ2n) is 7.42. The maximum Gasteiger partial charge on any atom is 0.408 e. The Balaban J connectivity index is 1.65. The van der Waals surface area contributed by atoms with E-state index in [1.165, 1.54) is 0 Å². The predicted octanol–water partition coefficient (Wildman–Crippen LogP) is 2.76. The monoisotopic (exact) mass is 396 g/mol. The van der Waals surface area contributed by atoms with Gasteiger partial charge >= 0.3 is 6.09 Å². The van der Waals surface area contributed by atoms with Gasteiger partial charge in [-0.3, -0.25) is 4.79 Å². The number of carbonyl (C=O) groups is 2. The molecule has 6 heteroatoms. The van der Waals surface area contributed by atoms with Crippen molar-refractivity contribution >= 4 is 12.0 Å². The van der Waals surface area contributed by atoms with Crippen molar-refractivity contribution in [2.75, 3.05) is 19.7 Å². The molecule has 0 radical (unpaired) electrons. The molecule has 2 atom stereocenters. The fourth-order valence-electron chi connectivity index (χ4n) is 3.59. The summed E-state index contributed by atoms with van der Waals surface area (Å²) in [6, 6.07) is 18.3. The van der Waals surface area contributed by atoms with Gasteiger partial charge in [0.15, 0.2) is 0 Å². The van der Waals surface area contributed by atoms with Crippen LogP contribution in [0, 0.1) is 5.92 Å². The number of alkyl carbamates (subject to hydrolysis) is 1. The lowest BCUT2D eigenvalue weighted by Crippen LogP contribution is -2.52. The van der Waals surface area contributed by atoms with Gasteiger partial charge in [-0.2, -0.15) is 0 Å². The van der Waals surface area contributed by atoms with Crippen LogP contribution in [0.1, 0.15) is 24.0 Å². The number of rotatable bonds is 7. The zero-order valence-corrected chi connectivity index (χ0v) is 16.5. The topological polar surface area (TPSA) is 78.9 Å². The Hall–Kier alpha value is -2.86. The maximum absolute atomic E-state index is 13.1. The molecule has 29 heavy (non-hydrogen) atoms. The zero-order chi connectivity index (χ0) is 20.5. The Bertz CT molecular complexity index is 782. The number of nitrogens with zero attached hydrogens (tertiary/aromatic N) is 1. The summed E-state index contributed by atoms with van der Waals surface area (Å²) >= 11 is 0. The van der Waals surface area contributed by atoms with Gasteiger partial charge in [-0.15, -0.1) is 0 Å². The second kappa shape index (κ2) is 10.6. The molecule has 0 saturated carbocycles. The minimum absolute atomic E-state index is 0.0691. The third-order valence-electron chi connectivity index (χ3n) is 5.17. The number of aliphatic hydroxyl groups excluding tert-OH is 1. The highest BCUT2D eigenvalue weighted by atomic mass is 16.5. The van der Waals surface area contributed by atoms with Gasteiger partial charge in [0.2, 0.25) is 5.91 Å². The first-order valence-electron chi connectivity index (χ1n) is 10.1. The number of ether oxygens (including phenoxy) is 1. The quantitative estimate of drug-likeness (QED) is 0.754. The lowest BCUT2D eigenvalue weighted by Gasteiger charge is -2.34. The highest BCUT2D eigenvalue weighted by Gasteiger charge is 2.30. The molecule has 3 rings (SSSR count). The van der Waals surface area contributed by atoms with Crippen LogP contribution in [0.15, 0.2) is 60.7 Å². The smallest absolute Gasteiger partial charge is 0.408 e. The Kier molecular flexibility index (Phi) is 7.64. The number of hydrogen-bond acceptors (Lipinski definition) is 4. The maximum atomic E-state index is 13.1. The summed E-state index contributed by atoms with van der Waals surface area (Å²) in [4.78, 5) is 27.3. The summed E-state index contributed by atoms with van der Waals surface area (Å²) in [7, 11) is 0. The van der Waals surface area contributed by atoms with Crippen LogP contribution in [0.3, 0.4) is 0 Å². The molecule has 154 valence electrons. The minimum atomic E-state index is -0.710. The van der Waals surface area contributed by atoms with Crippen LogP contribution in [0.25, 0.3) is 0 Å². The number of nitrogens with one attached hydrogen (secondary N) is 1. The predicted molar refractivity (Wildman–Crippen MR) is 110 cm³/mol. The van der Waals surface area contributed by atoms with Crippen molar-refractivity contribution in [3.63, 3.8) is 0 Å². The van der Waals surface area contributed by atoms with Gasteiger partial charge < -0.3 is 20.1 Å². The lowest BCUT2D eigenvalue weighted by atomic mass is 9.97. The normalized spacial score (nSPS) is 17.4. The molecule has 2 aromatic carbocycles. The molecule has 2 aromatic rings.